The Morgan fingerprint density at radius 3 is 2.83 bits per heavy atom. The van der Waals surface area contributed by atoms with Crippen molar-refractivity contribution in [3.63, 3.8) is 0 Å². The fourth-order valence-electron chi connectivity index (χ4n) is 2.52. The van der Waals surface area contributed by atoms with Gasteiger partial charge < -0.3 is 18.9 Å². The summed E-state index contributed by atoms with van der Waals surface area (Å²) in [7, 11) is 1.76. The van der Waals surface area contributed by atoms with E-state index >= 15 is 0 Å². The van der Waals surface area contributed by atoms with Gasteiger partial charge >= 0.3 is 0 Å². The summed E-state index contributed by atoms with van der Waals surface area (Å²) in [5.41, 5.74) is 0.768. The number of rotatable bonds is 4. The van der Waals surface area contributed by atoms with Crippen molar-refractivity contribution >= 4 is 5.91 Å². The first-order valence-electron chi connectivity index (χ1n) is 7.61. The van der Waals surface area contributed by atoms with Crippen LogP contribution in [0.25, 0.3) is 0 Å². The molecular weight excluding hydrogens is 296 g/mol. The van der Waals surface area contributed by atoms with Gasteiger partial charge in [0, 0.05) is 13.1 Å². The monoisotopic (exact) mass is 316 g/mol. The van der Waals surface area contributed by atoms with Crippen LogP contribution in [0, 0.1) is 6.92 Å². The van der Waals surface area contributed by atoms with Crippen molar-refractivity contribution in [3.05, 3.63) is 41.8 Å². The number of aromatic nitrogens is 1. The molecule has 1 aliphatic rings. The molecule has 0 radical (unpaired) electrons. The number of amides is 1. The summed E-state index contributed by atoms with van der Waals surface area (Å²) in [5.74, 6) is 1.97. The van der Waals surface area contributed by atoms with Crippen LogP contribution in [-0.4, -0.2) is 41.8 Å². The summed E-state index contributed by atoms with van der Waals surface area (Å²) in [4.78, 5) is 14.1. The van der Waals surface area contributed by atoms with Gasteiger partial charge in [-0.05, 0) is 26.0 Å². The molecule has 0 unspecified atom stereocenters. The molecule has 3 rings (SSSR count). The van der Waals surface area contributed by atoms with E-state index in [0.29, 0.717) is 18.1 Å². The van der Waals surface area contributed by atoms with Crippen LogP contribution in [0.1, 0.15) is 18.4 Å². The summed E-state index contributed by atoms with van der Waals surface area (Å²) < 4.78 is 16.8. The Morgan fingerprint density at radius 1 is 1.39 bits per heavy atom. The van der Waals surface area contributed by atoms with Crippen LogP contribution in [-0.2, 0) is 11.2 Å². The fourth-order valence-corrected chi connectivity index (χ4v) is 2.52. The Hall–Kier alpha value is -2.50. The molecule has 0 saturated heterocycles. The summed E-state index contributed by atoms with van der Waals surface area (Å²) >= 11 is 0. The molecule has 6 nitrogen and oxygen atoms in total. The third kappa shape index (κ3) is 3.31. The van der Waals surface area contributed by atoms with Gasteiger partial charge in [-0.1, -0.05) is 17.3 Å². The quantitative estimate of drug-likeness (QED) is 0.865. The smallest absolute Gasteiger partial charge is 0.230 e. The number of para-hydroxylation sites is 2. The van der Waals surface area contributed by atoms with E-state index in [9.17, 15) is 4.79 Å². The standard InChI is InChI=1S/C17H20N2O4/c1-11-8-13(23-18-11)9-17(20)19(3)12(2)16-10-21-14-6-4-5-7-15(14)22-16/h4-8,12,16H,9-10H2,1-3H3/t12-,16-/m1/s1. The highest BCUT2D eigenvalue weighted by Gasteiger charge is 2.30. The largest absolute Gasteiger partial charge is 0.486 e. The van der Waals surface area contributed by atoms with Gasteiger partial charge in [0.1, 0.15) is 12.4 Å². The van der Waals surface area contributed by atoms with Gasteiger partial charge in [-0.2, -0.15) is 0 Å². The van der Waals surface area contributed by atoms with Crippen molar-refractivity contribution in [2.75, 3.05) is 13.7 Å². The van der Waals surface area contributed by atoms with Gasteiger partial charge in [-0.15, -0.1) is 0 Å². The Balaban J connectivity index is 1.63. The third-order valence-corrected chi connectivity index (χ3v) is 4.08. The number of hydrogen-bond donors (Lipinski definition) is 0. The van der Waals surface area contributed by atoms with Gasteiger partial charge in [0.25, 0.3) is 0 Å². The number of fused-ring (bicyclic) bond motifs is 1. The summed E-state index contributed by atoms with van der Waals surface area (Å²) in [6.07, 6.45) is -0.0263. The summed E-state index contributed by atoms with van der Waals surface area (Å²) in [5, 5.41) is 3.80. The molecule has 1 amide bonds. The van der Waals surface area contributed by atoms with E-state index in [2.05, 4.69) is 5.16 Å². The number of nitrogens with zero attached hydrogens (tertiary/aromatic N) is 2. The number of hydrogen-bond acceptors (Lipinski definition) is 5. The first-order valence-corrected chi connectivity index (χ1v) is 7.61. The Bertz CT molecular complexity index is 697. The van der Waals surface area contributed by atoms with Crippen LogP contribution in [0.3, 0.4) is 0 Å². The number of likely N-dealkylation sites (N-methyl/N-ethyl adjacent to an activating group) is 1. The van der Waals surface area contributed by atoms with Gasteiger partial charge in [0.05, 0.1) is 18.2 Å². The van der Waals surface area contributed by atoms with Crippen molar-refractivity contribution < 1.29 is 18.8 Å². The van der Waals surface area contributed by atoms with Crippen LogP contribution in [0.2, 0.25) is 0 Å². The first kappa shape index (κ1) is 15.4. The minimum Gasteiger partial charge on any atom is -0.486 e. The minimum absolute atomic E-state index is 0.0453. The van der Waals surface area contributed by atoms with Crippen LogP contribution < -0.4 is 9.47 Å². The van der Waals surface area contributed by atoms with Crippen molar-refractivity contribution in [1.82, 2.24) is 10.1 Å². The minimum atomic E-state index is -0.213. The van der Waals surface area contributed by atoms with Crippen LogP contribution in [0.4, 0.5) is 0 Å². The second kappa shape index (κ2) is 6.32. The van der Waals surface area contributed by atoms with E-state index in [1.165, 1.54) is 0 Å². The number of benzene rings is 1. The highest BCUT2D eigenvalue weighted by atomic mass is 16.6. The molecule has 6 heteroatoms. The van der Waals surface area contributed by atoms with E-state index in [1.807, 2.05) is 38.1 Å². The number of aryl methyl sites for hydroxylation is 1. The van der Waals surface area contributed by atoms with E-state index < -0.39 is 0 Å². The molecule has 2 heterocycles. The lowest BCUT2D eigenvalue weighted by atomic mass is 10.1. The Morgan fingerprint density at radius 2 is 2.13 bits per heavy atom. The zero-order valence-electron chi connectivity index (χ0n) is 13.5. The molecule has 0 N–H and O–H groups in total. The van der Waals surface area contributed by atoms with Crippen molar-refractivity contribution in [3.8, 4) is 11.5 Å². The molecule has 2 atom stereocenters. The molecule has 1 aromatic carbocycles. The molecular formula is C17H20N2O4. The average molecular weight is 316 g/mol. The van der Waals surface area contributed by atoms with E-state index in [1.54, 1.807) is 18.0 Å². The fraction of sp³-hybridized carbons (Fsp3) is 0.412. The predicted octanol–water partition coefficient (Wildman–Crippen LogP) is 2.21. The average Bonchev–Trinajstić information content (AvgIpc) is 2.97. The second-order valence-corrected chi connectivity index (χ2v) is 5.77. The molecule has 2 aromatic rings. The molecule has 0 aliphatic carbocycles. The zero-order valence-corrected chi connectivity index (χ0v) is 13.5. The molecule has 23 heavy (non-hydrogen) atoms. The topological polar surface area (TPSA) is 64.8 Å². The van der Waals surface area contributed by atoms with E-state index in [4.69, 9.17) is 14.0 Å². The zero-order chi connectivity index (χ0) is 16.4. The lowest BCUT2D eigenvalue weighted by molar-refractivity contribution is -0.133. The molecule has 0 saturated carbocycles. The number of ether oxygens (including phenoxy) is 2. The number of carbonyl (C=O) groups is 1. The molecule has 122 valence electrons. The Kier molecular flexibility index (Phi) is 4.23. The normalized spacial score (nSPS) is 17.6. The third-order valence-electron chi connectivity index (χ3n) is 4.08. The summed E-state index contributed by atoms with van der Waals surface area (Å²) in [6.45, 7) is 4.19. The van der Waals surface area contributed by atoms with E-state index in [-0.39, 0.29) is 24.5 Å². The van der Waals surface area contributed by atoms with Gasteiger partial charge in [-0.25, -0.2) is 0 Å². The summed E-state index contributed by atoms with van der Waals surface area (Å²) in [6, 6.07) is 9.19. The lowest BCUT2D eigenvalue weighted by Crippen LogP contribution is -2.49. The van der Waals surface area contributed by atoms with Crippen LogP contribution in [0.15, 0.2) is 34.9 Å². The van der Waals surface area contributed by atoms with Crippen LogP contribution in [0.5, 0.6) is 11.5 Å². The molecule has 0 bridgehead atoms. The SMILES string of the molecule is Cc1cc(CC(=O)N(C)[C@H](C)[C@H]2COc3ccccc3O2)on1. The predicted molar refractivity (Wildman–Crippen MR) is 83.5 cm³/mol. The van der Waals surface area contributed by atoms with E-state index in [0.717, 1.165) is 11.4 Å². The molecule has 1 aromatic heterocycles. The lowest BCUT2D eigenvalue weighted by Gasteiger charge is -2.35. The van der Waals surface area contributed by atoms with Crippen molar-refractivity contribution in [2.45, 2.75) is 32.4 Å². The first-order chi connectivity index (χ1) is 11.0. The Labute approximate surface area is 135 Å². The van der Waals surface area contributed by atoms with Gasteiger partial charge in [0.15, 0.2) is 17.6 Å². The van der Waals surface area contributed by atoms with Crippen molar-refractivity contribution in [2.24, 2.45) is 0 Å². The highest BCUT2D eigenvalue weighted by Crippen LogP contribution is 2.32. The van der Waals surface area contributed by atoms with Gasteiger partial charge in [0.2, 0.25) is 5.91 Å². The maximum Gasteiger partial charge on any atom is 0.230 e. The van der Waals surface area contributed by atoms with Crippen LogP contribution >= 0.6 is 0 Å². The molecule has 0 fully saturated rings. The maximum atomic E-state index is 12.4. The maximum absolute atomic E-state index is 12.4. The molecule has 1 aliphatic heterocycles. The number of carbonyl (C=O) groups excluding carboxylic acids is 1. The second-order valence-electron chi connectivity index (χ2n) is 5.77. The van der Waals surface area contributed by atoms with Gasteiger partial charge in [-0.3, -0.25) is 4.79 Å². The van der Waals surface area contributed by atoms with Crippen molar-refractivity contribution in [1.29, 1.82) is 0 Å². The molecule has 0 spiro atoms. The highest BCUT2D eigenvalue weighted by molar-refractivity contribution is 5.78.